The molecule has 3 aromatic rings. The van der Waals surface area contributed by atoms with E-state index in [0.29, 0.717) is 10.9 Å². The van der Waals surface area contributed by atoms with Crippen LogP contribution in [0.25, 0.3) is 21.8 Å². The van der Waals surface area contributed by atoms with Gasteiger partial charge >= 0.3 is 0 Å². The minimum absolute atomic E-state index is 0.0133. The molecule has 2 heterocycles. The lowest BCUT2D eigenvalue weighted by atomic mass is 10.1. The Morgan fingerprint density at radius 2 is 1.75 bits per heavy atom. The third kappa shape index (κ3) is 1.05. The van der Waals surface area contributed by atoms with Gasteiger partial charge in [-0.1, -0.05) is 0 Å². The van der Waals surface area contributed by atoms with Gasteiger partial charge < -0.3 is 4.98 Å². The molecular weight excluding hydrogens is 217 g/mol. The van der Waals surface area contributed by atoms with E-state index in [1.165, 1.54) is 12.3 Å². The zero-order chi connectivity index (χ0) is 11.3. The monoisotopic (exact) mass is 222 g/mol. The largest absolute Gasteiger partial charge is 0.328 e. The molecule has 5 heteroatoms. The lowest BCUT2D eigenvalue weighted by Crippen LogP contribution is -1.96. The summed E-state index contributed by atoms with van der Waals surface area (Å²) in [5.74, 6) is -3.99. The van der Waals surface area contributed by atoms with Crippen LogP contribution in [-0.2, 0) is 0 Å². The quantitative estimate of drug-likeness (QED) is 0.581. The van der Waals surface area contributed by atoms with Crippen LogP contribution in [0, 0.1) is 17.6 Å². The van der Waals surface area contributed by atoms with Crippen molar-refractivity contribution in [3.63, 3.8) is 0 Å². The number of halogens is 3. The molecule has 0 aliphatic heterocycles. The number of hydrogen-bond acceptors (Lipinski definition) is 1. The number of nitrogens with zero attached hydrogens (tertiary/aromatic N) is 1. The first-order chi connectivity index (χ1) is 7.68. The average molecular weight is 222 g/mol. The SMILES string of the molecule is Fc1[nH]c2c(ccc3nccc32)c(F)c1F. The predicted molar refractivity (Wildman–Crippen MR) is 53.5 cm³/mol. The molecule has 16 heavy (non-hydrogen) atoms. The highest BCUT2D eigenvalue weighted by Crippen LogP contribution is 2.26. The van der Waals surface area contributed by atoms with Crippen molar-refractivity contribution in [1.82, 2.24) is 9.97 Å². The summed E-state index contributed by atoms with van der Waals surface area (Å²) >= 11 is 0. The average Bonchev–Trinajstić information content (AvgIpc) is 2.74. The van der Waals surface area contributed by atoms with Gasteiger partial charge in [0.25, 0.3) is 0 Å². The molecule has 0 atom stereocenters. The van der Waals surface area contributed by atoms with Gasteiger partial charge in [0, 0.05) is 17.0 Å². The second kappa shape index (κ2) is 2.98. The maximum absolute atomic E-state index is 13.4. The predicted octanol–water partition coefficient (Wildman–Crippen LogP) is 3.13. The number of hydrogen-bond donors (Lipinski definition) is 1. The van der Waals surface area contributed by atoms with Gasteiger partial charge in [-0.05, 0) is 18.2 Å². The van der Waals surface area contributed by atoms with Crippen molar-refractivity contribution in [2.24, 2.45) is 0 Å². The molecule has 0 bridgehead atoms. The summed E-state index contributed by atoms with van der Waals surface area (Å²) in [6.45, 7) is 0. The van der Waals surface area contributed by atoms with Crippen molar-refractivity contribution in [2.45, 2.75) is 0 Å². The number of aromatic nitrogens is 2. The number of aromatic amines is 1. The van der Waals surface area contributed by atoms with Crippen LogP contribution in [0.1, 0.15) is 0 Å². The van der Waals surface area contributed by atoms with Crippen molar-refractivity contribution in [2.75, 3.05) is 0 Å². The number of pyridine rings is 1. The molecule has 0 spiro atoms. The van der Waals surface area contributed by atoms with Crippen molar-refractivity contribution in [3.05, 3.63) is 42.0 Å². The first kappa shape index (κ1) is 9.21. The Bertz CT molecular complexity index is 703. The van der Waals surface area contributed by atoms with E-state index in [1.54, 1.807) is 12.1 Å². The third-order valence-corrected chi connectivity index (χ3v) is 2.53. The zero-order valence-corrected chi connectivity index (χ0v) is 7.89. The van der Waals surface area contributed by atoms with Gasteiger partial charge in [-0.15, -0.1) is 0 Å². The molecule has 0 amide bonds. The minimum atomic E-state index is -1.49. The van der Waals surface area contributed by atoms with Crippen LogP contribution in [0.3, 0.4) is 0 Å². The van der Waals surface area contributed by atoms with Gasteiger partial charge in [0.05, 0.1) is 11.0 Å². The fourth-order valence-corrected chi connectivity index (χ4v) is 1.78. The van der Waals surface area contributed by atoms with E-state index >= 15 is 0 Å². The van der Waals surface area contributed by atoms with E-state index in [1.807, 2.05) is 0 Å². The van der Waals surface area contributed by atoms with Crippen molar-refractivity contribution in [3.8, 4) is 0 Å². The van der Waals surface area contributed by atoms with Crippen LogP contribution < -0.4 is 0 Å². The third-order valence-electron chi connectivity index (χ3n) is 2.53. The highest BCUT2D eigenvalue weighted by atomic mass is 19.2. The summed E-state index contributed by atoms with van der Waals surface area (Å²) in [6, 6.07) is 4.55. The highest BCUT2D eigenvalue weighted by molar-refractivity contribution is 6.04. The molecule has 0 aliphatic carbocycles. The molecule has 0 saturated heterocycles. The fraction of sp³-hybridized carbons (Fsp3) is 0. The number of fused-ring (bicyclic) bond motifs is 3. The van der Waals surface area contributed by atoms with Crippen molar-refractivity contribution < 1.29 is 13.2 Å². The van der Waals surface area contributed by atoms with E-state index in [0.717, 1.165) is 0 Å². The van der Waals surface area contributed by atoms with E-state index in [9.17, 15) is 13.2 Å². The maximum Gasteiger partial charge on any atom is 0.230 e. The van der Waals surface area contributed by atoms with Crippen LogP contribution in [0.4, 0.5) is 13.2 Å². The summed E-state index contributed by atoms with van der Waals surface area (Å²) in [6.07, 6.45) is 1.52. The number of H-pyrrole nitrogens is 1. The van der Waals surface area contributed by atoms with Crippen molar-refractivity contribution >= 4 is 21.8 Å². The Morgan fingerprint density at radius 1 is 0.938 bits per heavy atom. The maximum atomic E-state index is 13.4. The van der Waals surface area contributed by atoms with E-state index in [2.05, 4.69) is 9.97 Å². The summed E-state index contributed by atoms with van der Waals surface area (Å²) in [4.78, 5) is 6.20. The van der Waals surface area contributed by atoms with E-state index in [4.69, 9.17) is 0 Å². The van der Waals surface area contributed by atoms with Crippen LogP contribution in [0.5, 0.6) is 0 Å². The summed E-state index contributed by atoms with van der Waals surface area (Å²) < 4.78 is 39.5. The summed E-state index contributed by atoms with van der Waals surface area (Å²) in [5, 5.41) is 0.578. The van der Waals surface area contributed by atoms with Gasteiger partial charge in [0.2, 0.25) is 11.8 Å². The Morgan fingerprint density at radius 3 is 2.56 bits per heavy atom. The molecule has 3 rings (SSSR count). The number of benzene rings is 1. The lowest BCUT2D eigenvalue weighted by molar-refractivity contribution is 0.435. The Balaban J connectivity index is 2.61. The minimum Gasteiger partial charge on any atom is -0.328 e. The van der Waals surface area contributed by atoms with Gasteiger partial charge in [0.15, 0.2) is 5.82 Å². The molecule has 1 aromatic carbocycles. The van der Waals surface area contributed by atoms with E-state index < -0.39 is 17.6 Å². The van der Waals surface area contributed by atoms with Crippen LogP contribution in [0.15, 0.2) is 24.4 Å². The second-order valence-electron chi connectivity index (χ2n) is 3.43. The number of rotatable bonds is 0. The van der Waals surface area contributed by atoms with Gasteiger partial charge in [-0.3, -0.25) is 4.98 Å². The Labute approximate surface area is 87.7 Å². The molecule has 0 unspecified atom stereocenters. The topological polar surface area (TPSA) is 28.7 Å². The van der Waals surface area contributed by atoms with Crippen LogP contribution >= 0.6 is 0 Å². The highest BCUT2D eigenvalue weighted by Gasteiger charge is 2.15. The first-order valence-electron chi connectivity index (χ1n) is 4.58. The molecule has 0 radical (unpaired) electrons. The Kier molecular flexibility index (Phi) is 1.71. The smallest absolute Gasteiger partial charge is 0.230 e. The molecule has 0 saturated carbocycles. The molecule has 1 N–H and O–H groups in total. The molecular formula is C11H5F3N2. The molecule has 2 nitrogen and oxygen atoms in total. The van der Waals surface area contributed by atoms with Crippen LogP contribution in [-0.4, -0.2) is 9.97 Å². The molecule has 0 aliphatic rings. The Hall–Kier alpha value is -2.04. The second-order valence-corrected chi connectivity index (χ2v) is 3.43. The summed E-state index contributed by atoms with van der Waals surface area (Å²) in [5.41, 5.74) is 0.820. The first-order valence-corrected chi connectivity index (χ1v) is 4.58. The van der Waals surface area contributed by atoms with Gasteiger partial charge in [0.1, 0.15) is 0 Å². The fourth-order valence-electron chi connectivity index (χ4n) is 1.78. The molecule has 80 valence electrons. The van der Waals surface area contributed by atoms with Gasteiger partial charge in [-0.2, -0.15) is 8.78 Å². The summed E-state index contributed by atoms with van der Waals surface area (Å²) in [7, 11) is 0. The number of nitrogens with one attached hydrogen (secondary N) is 1. The van der Waals surface area contributed by atoms with Crippen molar-refractivity contribution in [1.29, 1.82) is 0 Å². The zero-order valence-electron chi connectivity index (χ0n) is 7.89. The lowest BCUT2D eigenvalue weighted by Gasteiger charge is -2.03. The van der Waals surface area contributed by atoms with Crippen LogP contribution in [0.2, 0.25) is 0 Å². The van der Waals surface area contributed by atoms with E-state index in [-0.39, 0.29) is 10.9 Å². The molecule has 2 aromatic heterocycles. The van der Waals surface area contributed by atoms with Gasteiger partial charge in [-0.25, -0.2) is 4.39 Å². The normalized spacial score (nSPS) is 11.4. The standard InChI is InChI=1S/C11H5F3N2/c12-8-6-1-2-7-5(3-4-15-7)10(6)16-11(14)9(8)13/h1-4,16H. The molecule has 0 fully saturated rings.